The molecule has 2 aliphatic rings. The Morgan fingerprint density at radius 2 is 2.07 bits per heavy atom. The number of rotatable bonds is 7. The monoisotopic (exact) mass is 401 g/mol. The Hall–Kier alpha value is -1.37. The minimum Gasteiger partial charge on any atom is -0.377 e. The van der Waals surface area contributed by atoms with Crippen LogP contribution in [0.3, 0.4) is 0 Å². The van der Waals surface area contributed by atoms with Crippen LogP contribution in [-0.2, 0) is 16.1 Å². The summed E-state index contributed by atoms with van der Waals surface area (Å²) in [5.74, 6) is 0.745. The Labute approximate surface area is 169 Å². The van der Waals surface area contributed by atoms with Gasteiger partial charge in [0.25, 0.3) is 0 Å². The van der Waals surface area contributed by atoms with Crippen molar-refractivity contribution in [2.24, 2.45) is 5.92 Å². The van der Waals surface area contributed by atoms with E-state index in [1.807, 2.05) is 12.4 Å². The third kappa shape index (κ3) is 4.61. The number of nitrogens with one attached hydrogen (secondary N) is 1. The van der Waals surface area contributed by atoms with Gasteiger partial charge in [-0.05, 0) is 30.9 Å². The molecule has 2 aromatic rings. The molecule has 28 heavy (non-hydrogen) atoms. The number of hydrogen-bond donors (Lipinski definition) is 1. The SMILES string of the molecule is C[Si](C)(C)CCOCC1OCc2cnc3[nH]ccc3c2N1CC1CCCCC1. The van der Waals surface area contributed by atoms with Gasteiger partial charge in [0.05, 0.1) is 18.9 Å². The molecule has 3 heterocycles. The Kier molecular flexibility index (Phi) is 6.09. The lowest BCUT2D eigenvalue weighted by molar-refractivity contribution is -0.0319. The molecule has 2 aromatic heterocycles. The van der Waals surface area contributed by atoms with E-state index in [0.29, 0.717) is 13.2 Å². The maximum Gasteiger partial charge on any atom is 0.154 e. The number of ether oxygens (including phenoxy) is 2. The second kappa shape index (κ2) is 8.55. The van der Waals surface area contributed by atoms with Crippen LogP contribution in [0.25, 0.3) is 11.0 Å². The molecule has 0 amide bonds. The number of aromatic amines is 1. The molecule has 1 atom stereocenters. The smallest absolute Gasteiger partial charge is 0.154 e. The highest BCUT2D eigenvalue weighted by atomic mass is 28.3. The molecular weight excluding hydrogens is 366 g/mol. The Bertz CT molecular complexity index is 780. The predicted octanol–water partition coefficient (Wildman–Crippen LogP) is 5.16. The van der Waals surface area contributed by atoms with Gasteiger partial charge in [0.2, 0.25) is 0 Å². The maximum atomic E-state index is 6.28. The van der Waals surface area contributed by atoms with E-state index in [2.05, 4.69) is 40.6 Å². The third-order valence-corrected chi connectivity index (χ3v) is 7.84. The molecule has 0 saturated heterocycles. The summed E-state index contributed by atoms with van der Waals surface area (Å²) >= 11 is 0. The van der Waals surface area contributed by atoms with Gasteiger partial charge in [0.1, 0.15) is 5.65 Å². The Morgan fingerprint density at radius 3 is 2.86 bits per heavy atom. The van der Waals surface area contributed by atoms with Crippen molar-refractivity contribution in [2.45, 2.75) is 70.6 Å². The van der Waals surface area contributed by atoms with Gasteiger partial charge in [-0.1, -0.05) is 38.9 Å². The highest BCUT2D eigenvalue weighted by Gasteiger charge is 2.31. The van der Waals surface area contributed by atoms with Crippen molar-refractivity contribution in [1.29, 1.82) is 0 Å². The lowest BCUT2D eigenvalue weighted by Crippen LogP contribution is -2.47. The molecule has 154 valence electrons. The molecule has 1 aliphatic carbocycles. The normalized spacial score (nSPS) is 21.2. The summed E-state index contributed by atoms with van der Waals surface area (Å²) in [5.41, 5.74) is 3.47. The molecule has 0 radical (unpaired) electrons. The molecular formula is C22H35N3O2Si. The van der Waals surface area contributed by atoms with Gasteiger partial charge in [-0.3, -0.25) is 0 Å². The summed E-state index contributed by atoms with van der Waals surface area (Å²) in [4.78, 5) is 10.3. The highest BCUT2D eigenvalue weighted by molar-refractivity contribution is 6.76. The fourth-order valence-electron chi connectivity index (χ4n) is 4.46. The fourth-order valence-corrected chi connectivity index (χ4v) is 5.21. The average Bonchev–Trinajstić information content (AvgIpc) is 3.15. The largest absolute Gasteiger partial charge is 0.377 e. The minimum absolute atomic E-state index is 0.00318. The molecule has 0 aromatic carbocycles. The number of H-pyrrole nitrogens is 1. The number of fused-ring (bicyclic) bond motifs is 3. The second-order valence-corrected chi connectivity index (χ2v) is 15.3. The zero-order chi connectivity index (χ0) is 19.6. The molecule has 4 rings (SSSR count). The van der Waals surface area contributed by atoms with Gasteiger partial charge >= 0.3 is 0 Å². The molecule has 6 heteroatoms. The van der Waals surface area contributed by atoms with Crippen molar-refractivity contribution >= 4 is 24.8 Å². The van der Waals surface area contributed by atoms with Crippen LogP contribution in [0.4, 0.5) is 5.69 Å². The van der Waals surface area contributed by atoms with Crippen molar-refractivity contribution < 1.29 is 9.47 Å². The lowest BCUT2D eigenvalue weighted by atomic mass is 9.88. The van der Waals surface area contributed by atoms with E-state index in [1.165, 1.54) is 54.8 Å². The summed E-state index contributed by atoms with van der Waals surface area (Å²) in [5, 5.41) is 1.21. The van der Waals surface area contributed by atoms with Crippen LogP contribution < -0.4 is 4.90 Å². The zero-order valence-electron chi connectivity index (χ0n) is 17.7. The predicted molar refractivity (Wildman–Crippen MR) is 118 cm³/mol. The number of anilines is 1. The van der Waals surface area contributed by atoms with Crippen LogP contribution in [0.15, 0.2) is 18.5 Å². The molecule has 1 unspecified atom stereocenters. The Balaban J connectivity index is 1.54. The Morgan fingerprint density at radius 1 is 1.25 bits per heavy atom. The average molecular weight is 402 g/mol. The first-order chi connectivity index (χ1) is 13.5. The van der Waals surface area contributed by atoms with E-state index in [1.54, 1.807) is 0 Å². The molecule has 1 aliphatic heterocycles. The first-order valence-corrected chi connectivity index (χ1v) is 14.6. The third-order valence-electron chi connectivity index (χ3n) is 6.14. The van der Waals surface area contributed by atoms with E-state index < -0.39 is 8.07 Å². The first-order valence-electron chi connectivity index (χ1n) is 10.9. The second-order valence-electron chi connectivity index (χ2n) is 9.68. The van der Waals surface area contributed by atoms with Crippen LogP contribution >= 0.6 is 0 Å². The van der Waals surface area contributed by atoms with E-state index in [-0.39, 0.29) is 6.23 Å². The molecule has 0 bridgehead atoms. The maximum absolute atomic E-state index is 6.28. The highest BCUT2D eigenvalue weighted by Crippen LogP contribution is 2.37. The van der Waals surface area contributed by atoms with Crippen LogP contribution in [0.5, 0.6) is 0 Å². The van der Waals surface area contributed by atoms with Gasteiger partial charge in [-0.2, -0.15) is 0 Å². The van der Waals surface area contributed by atoms with Crippen molar-refractivity contribution in [3.63, 3.8) is 0 Å². The summed E-state index contributed by atoms with van der Waals surface area (Å²) in [7, 11) is -1.07. The van der Waals surface area contributed by atoms with Crippen LogP contribution in [0.2, 0.25) is 25.7 Å². The van der Waals surface area contributed by atoms with Gasteiger partial charge in [-0.15, -0.1) is 0 Å². The number of pyridine rings is 1. The molecule has 1 fully saturated rings. The fraction of sp³-hybridized carbons (Fsp3) is 0.682. The van der Waals surface area contributed by atoms with Gasteiger partial charge < -0.3 is 19.4 Å². The molecule has 1 N–H and O–H groups in total. The van der Waals surface area contributed by atoms with E-state index in [0.717, 1.165) is 24.7 Å². The van der Waals surface area contributed by atoms with Crippen LogP contribution in [0, 0.1) is 5.92 Å². The van der Waals surface area contributed by atoms with Crippen molar-refractivity contribution in [1.82, 2.24) is 9.97 Å². The van der Waals surface area contributed by atoms with Gasteiger partial charge in [0, 0.05) is 44.6 Å². The number of nitrogens with zero attached hydrogens (tertiary/aromatic N) is 2. The summed E-state index contributed by atoms with van der Waals surface area (Å²) in [6.45, 7) is 10.4. The van der Waals surface area contributed by atoms with E-state index >= 15 is 0 Å². The van der Waals surface area contributed by atoms with E-state index in [9.17, 15) is 0 Å². The van der Waals surface area contributed by atoms with Crippen molar-refractivity contribution in [3.05, 3.63) is 24.0 Å². The number of hydrogen-bond acceptors (Lipinski definition) is 4. The minimum atomic E-state index is -1.07. The van der Waals surface area contributed by atoms with Crippen LogP contribution in [0.1, 0.15) is 37.7 Å². The molecule has 0 spiro atoms. The van der Waals surface area contributed by atoms with Crippen molar-refractivity contribution in [2.75, 3.05) is 24.7 Å². The first kappa shape index (κ1) is 19.9. The summed E-state index contributed by atoms with van der Waals surface area (Å²) in [6.07, 6.45) is 10.7. The summed E-state index contributed by atoms with van der Waals surface area (Å²) < 4.78 is 12.4. The van der Waals surface area contributed by atoms with Crippen LogP contribution in [-0.4, -0.2) is 44.0 Å². The molecule has 5 nitrogen and oxygen atoms in total. The topological polar surface area (TPSA) is 50.4 Å². The van der Waals surface area contributed by atoms with E-state index in [4.69, 9.17) is 9.47 Å². The summed E-state index contributed by atoms with van der Waals surface area (Å²) in [6, 6.07) is 3.36. The molecule has 1 saturated carbocycles. The van der Waals surface area contributed by atoms with Gasteiger partial charge in [-0.25, -0.2) is 4.98 Å². The zero-order valence-corrected chi connectivity index (χ0v) is 18.7. The van der Waals surface area contributed by atoms with Crippen molar-refractivity contribution in [3.8, 4) is 0 Å². The quantitative estimate of drug-likeness (QED) is 0.514. The van der Waals surface area contributed by atoms with Gasteiger partial charge in [0.15, 0.2) is 6.23 Å². The standard InChI is InChI=1S/C22H35N3O2Si/c1-28(2,3)12-11-26-16-20-25(14-17-7-5-4-6-8-17)21-18(15-27-20)13-24-22-19(21)9-10-23-22/h9-10,13,17,20H,4-8,11-12,14-16H2,1-3H3,(H,23,24). The lowest BCUT2D eigenvalue weighted by Gasteiger charge is -2.41. The number of aromatic nitrogens is 2.